The molecule has 0 amide bonds. The van der Waals surface area contributed by atoms with Gasteiger partial charge in [-0.1, -0.05) is 0 Å². The van der Waals surface area contributed by atoms with Gasteiger partial charge in [0, 0.05) is 36.9 Å². The summed E-state index contributed by atoms with van der Waals surface area (Å²) in [5, 5.41) is 3.05. The molecule has 78 valence electrons. The molecule has 0 bridgehead atoms. The highest BCUT2D eigenvalue weighted by Gasteiger charge is 2.02. The smallest absolute Gasteiger partial charge is 0.235 e. The van der Waals surface area contributed by atoms with Gasteiger partial charge >= 0.3 is 0 Å². The van der Waals surface area contributed by atoms with Crippen molar-refractivity contribution in [2.45, 2.75) is 13.5 Å². The van der Waals surface area contributed by atoms with E-state index in [1.54, 1.807) is 6.20 Å². The second-order valence-electron chi connectivity index (χ2n) is 3.27. The molecule has 0 aliphatic heterocycles. The van der Waals surface area contributed by atoms with Crippen LogP contribution in [-0.2, 0) is 6.54 Å². The summed E-state index contributed by atoms with van der Waals surface area (Å²) in [4.78, 5) is 12.7. The first-order chi connectivity index (χ1) is 7.31. The van der Waals surface area contributed by atoms with E-state index >= 15 is 0 Å². The number of aryl methyl sites for hydroxylation is 1. The first-order valence-electron chi connectivity index (χ1n) is 4.77. The quantitative estimate of drug-likeness (QED) is 0.797. The zero-order chi connectivity index (χ0) is 10.7. The summed E-state index contributed by atoms with van der Waals surface area (Å²) >= 11 is 0. The SMILES string of the molecule is CNCc1cnc(-n2ccnc2C)nc1. The summed E-state index contributed by atoms with van der Waals surface area (Å²) < 4.78 is 1.85. The molecule has 5 heteroatoms. The van der Waals surface area contributed by atoms with E-state index < -0.39 is 0 Å². The summed E-state index contributed by atoms with van der Waals surface area (Å²) in [6.07, 6.45) is 7.22. The number of rotatable bonds is 3. The summed E-state index contributed by atoms with van der Waals surface area (Å²) in [5.41, 5.74) is 1.07. The fourth-order valence-electron chi connectivity index (χ4n) is 1.36. The first-order valence-corrected chi connectivity index (χ1v) is 4.77. The van der Waals surface area contributed by atoms with E-state index in [9.17, 15) is 0 Å². The molecular formula is C10H13N5. The Morgan fingerprint density at radius 2 is 2.00 bits per heavy atom. The number of aromatic nitrogens is 4. The Morgan fingerprint density at radius 1 is 1.27 bits per heavy atom. The second-order valence-corrected chi connectivity index (χ2v) is 3.27. The highest BCUT2D eigenvalue weighted by molar-refractivity contribution is 5.17. The van der Waals surface area contributed by atoms with Crippen molar-refractivity contribution in [3.05, 3.63) is 36.2 Å². The molecule has 2 aromatic heterocycles. The van der Waals surface area contributed by atoms with Crippen molar-refractivity contribution in [2.24, 2.45) is 0 Å². The van der Waals surface area contributed by atoms with Gasteiger partial charge < -0.3 is 5.32 Å². The fourth-order valence-corrected chi connectivity index (χ4v) is 1.36. The van der Waals surface area contributed by atoms with Gasteiger partial charge in [0.25, 0.3) is 0 Å². The van der Waals surface area contributed by atoms with Gasteiger partial charge in [-0.25, -0.2) is 15.0 Å². The maximum Gasteiger partial charge on any atom is 0.235 e. The Bertz CT molecular complexity index is 431. The van der Waals surface area contributed by atoms with Gasteiger partial charge in [0.1, 0.15) is 5.82 Å². The number of nitrogens with zero attached hydrogens (tertiary/aromatic N) is 4. The van der Waals surface area contributed by atoms with Crippen molar-refractivity contribution in [1.29, 1.82) is 0 Å². The third-order valence-electron chi connectivity index (χ3n) is 2.11. The van der Waals surface area contributed by atoms with Crippen LogP contribution in [0.15, 0.2) is 24.8 Å². The lowest BCUT2D eigenvalue weighted by molar-refractivity contribution is 0.795. The van der Waals surface area contributed by atoms with Crippen LogP contribution in [0.2, 0.25) is 0 Å². The molecule has 0 saturated carbocycles. The molecule has 2 heterocycles. The van der Waals surface area contributed by atoms with Crippen molar-refractivity contribution in [2.75, 3.05) is 7.05 Å². The van der Waals surface area contributed by atoms with E-state index in [0.717, 1.165) is 17.9 Å². The van der Waals surface area contributed by atoms with Crippen molar-refractivity contribution >= 4 is 0 Å². The Morgan fingerprint density at radius 3 is 2.53 bits per heavy atom. The van der Waals surface area contributed by atoms with Crippen molar-refractivity contribution < 1.29 is 0 Å². The standard InChI is InChI=1S/C10H13N5/c1-8-12-3-4-15(8)10-13-6-9(5-11-2)7-14-10/h3-4,6-7,11H,5H2,1-2H3. The molecule has 0 aliphatic rings. The minimum Gasteiger partial charge on any atom is -0.316 e. The molecular weight excluding hydrogens is 190 g/mol. The van der Waals surface area contributed by atoms with E-state index in [4.69, 9.17) is 0 Å². The maximum absolute atomic E-state index is 4.27. The molecule has 0 atom stereocenters. The van der Waals surface area contributed by atoms with Crippen molar-refractivity contribution in [3.63, 3.8) is 0 Å². The molecule has 2 aromatic rings. The van der Waals surface area contributed by atoms with Crippen LogP contribution in [0, 0.1) is 6.92 Å². The molecule has 0 unspecified atom stereocenters. The van der Waals surface area contributed by atoms with Crippen LogP contribution < -0.4 is 5.32 Å². The normalized spacial score (nSPS) is 10.5. The third-order valence-corrected chi connectivity index (χ3v) is 2.11. The zero-order valence-electron chi connectivity index (χ0n) is 8.81. The van der Waals surface area contributed by atoms with Gasteiger partial charge in [-0.3, -0.25) is 4.57 Å². The third kappa shape index (κ3) is 2.02. The van der Waals surface area contributed by atoms with E-state index in [-0.39, 0.29) is 0 Å². The molecule has 0 spiro atoms. The molecule has 0 saturated heterocycles. The number of imidazole rings is 1. The Hall–Kier alpha value is -1.75. The van der Waals surface area contributed by atoms with Crippen LogP contribution in [0.5, 0.6) is 0 Å². The summed E-state index contributed by atoms with van der Waals surface area (Å²) in [6.45, 7) is 2.70. The Kier molecular flexibility index (Phi) is 2.73. The predicted octanol–water partition coefficient (Wildman–Crippen LogP) is 0.690. The highest BCUT2D eigenvalue weighted by atomic mass is 15.2. The van der Waals surface area contributed by atoms with Crippen molar-refractivity contribution in [1.82, 2.24) is 24.8 Å². The van der Waals surface area contributed by atoms with E-state index in [1.807, 2.05) is 37.1 Å². The Balaban J connectivity index is 2.28. The fraction of sp³-hybridized carbons (Fsp3) is 0.300. The van der Waals surface area contributed by atoms with Gasteiger partial charge in [-0.2, -0.15) is 0 Å². The van der Waals surface area contributed by atoms with Crippen LogP contribution >= 0.6 is 0 Å². The average Bonchev–Trinajstić information content (AvgIpc) is 2.66. The predicted molar refractivity (Wildman–Crippen MR) is 56.7 cm³/mol. The number of nitrogens with one attached hydrogen (secondary N) is 1. The molecule has 0 aromatic carbocycles. The van der Waals surface area contributed by atoms with Crippen LogP contribution in [0.3, 0.4) is 0 Å². The molecule has 0 radical (unpaired) electrons. The minimum absolute atomic E-state index is 0.657. The molecule has 0 fully saturated rings. The number of hydrogen-bond donors (Lipinski definition) is 1. The van der Waals surface area contributed by atoms with Gasteiger partial charge in [0.05, 0.1) is 0 Å². The van der Waals surface area contributed by atoms with Crippen molar-refractivity contribution in [3.8, 4) is 5.95 Å². The first kappa shape index (κ1) is 9.79. The molecule has 5 nitrogen and oxygen atoms in total. The van der Waals surface area contributed by atoms with E-state index in [1.165, 1.54) is 0 Å². The highest BCUT2D eigenvalue weighted by Crippen LogP contribution is 2.04. The molecule has 2 rings (SSSR count). The van der Waals surface area contributed by atoms with Crippen LogP contribution in [-0.4, -0.2) is 26.6 Å². The lowest BCUT2D eigenvalue weighted by atomic mass is 10.3. The van der Waals surface area contributed by atoms with Crippen LogP contribution in [0.1, 0.15) is 11.4 Å². The van der Waals surface area contributed by atoms with Crippen LogP contribution in [0.25, 0.3) is 5.95 Å². The maximum atomic E-state index is 4.27. The lowest BCUT2D eigenvalue weighted by Crippen LogP contribution is -2.08. The van der Waals surface area contributed by atoms with Gasteiger partial charge in [0.15, 0.2) is 0 Å². The zero-order valence-corrected chi connectivity index (χ0v) is 8.81. The monoisotopic (exact) mass is 203 g/mol. The number of hydrogen-bond acceptors (Lipinski definition) is 4. The summed E-state index contributed by atoms with van der Waals surface area (Å²) in [6, 6.07) is 0. The molecule has 0 aliphatic carbocycles. The summed E-state index contributed by atoms with van der Waals surface area (Å²) in [5.74, 6) is 1.54. The lowest BCUT2D eigenvalue weighted by Gasteiger charge is -2.03. The molecule has 15 heavy (non-hydrogen) atoms. The topological polar surface area (TPSA) is 55.6 Å². The minimum atomic E-state index is 0.657. The Labute approximate surface area is 88.2 Å². The van der Waals surface area contributed by atoms with Gasteiger partial charge in [-0.05, 0) is 14.0 Å². The largest absolute Gasteiger partial charge is 0.316 e. The van der Waals surface area contributed by atoms with E-state index in [0.29, 0.717) is 5.95 Å². The average molecular weight is 203 g/mol. The van der Waals surface area contributed by atoms with E-state index in [2.05, 4.69) is 20.3 Å². The van der Waals surface area contributed by atoms with Crippen LogP contribution in [0.4, 0.5) is 0 Å². The van der Waals surface area contributed by atoms with Gasteiger partial charge in [-0.15, -0.1) is 0 Å². The second kappa shape index (κ2) is 4.18. The summed E-state index contributed by atoms with van der Waals surface area (Å²) in [7, 11) is 1.90. The molecule has 1 N–H and O–H groups in total. The van der Waals surface area contributed by atoms with Gasteiger partial charge in [0.2, 0.25) is 5.95 Å².